The predicted molar refractivity (Wildman–Crippen MR) is 37.0 cm³/mol. The van der Waals surface area contributed by atoms with Crippen LogP contribution in [-0.4, -0.2) is 6.10 Å². The summed E-state index contributed by atoms with van der Waals surface area (Å²) in [5.74, 6) is 0. The van der Waals surface area contributed by atoms with E-state index < -0.39 is 6.10 Å². The summed E-state index contributed by atoms with van der Waals surface area (Å²) in [6, 6.07) is 0. The molecule has 11 heavy (non-hydrogen) atoms. The van der Waals surface area contributed by atoms with Gasteiger partial charge in [-0.1, -0.05) is 13.8 Å². The van der Waals surface area contributed by atoms with Crippen molar-refractivity contribution in [2.75, 3.05) is 0 Å². The summed E-state index contributed by atoms with van der Waals surface area (Å²) >= 11 is 2.54. The third-order valence-corrected chi connectivity index (χ3v) is 1.27. The van der Waals surface area contributed by atoms with E-state index in [0.717, 1.165) is 6.42 Å². The molecule has 0 aliphatic heterocycles. The molecule has 0 saturated carbocycles. The Labute approximate surface area is 83.9 Å². The van der Waals surface area contributed by atoms with E-state index in [0.29, 0.717) is 0 Å². The number of halogens is 1. The summed E-state index contributed by atoms with van der Waals surface area (Å²) in [5, 5.41) is 9.53. The minimum atomic E-state index is -0.417. The molecule has 0 saturated heterocycles. The van der Waals surface area contributed by atoms with Crippen LogP contribution in [0.3, 0.4) is 0 Å². The van der Waals surface area contributed by atoms with Crippen LogP contribution in [0.5, 0.6) is 0 Å². The molecule has 1 rings (SSSR count). The van der Waals surface area contributed by atoms with Crippen molar-refractivity contribution >= 4 is 0 Å². The summed E-state index contributed by atoms with van der Waals surface area (Å²) in [5.41, 5.74) is 0. The van der Waals surface area contributed by atoms with Gasteiger partial charge < -0.3 is 17.5 Å². The fraction of sp³-hybridized carbons (Fsp3) is 0.500. The van der Waals surface area contributed by atoms with Crippen molar-refractivity contribution in [2.45, 2.75) is 26.4 Å². The Kier molecular flexibility index (Phi) is 10.6. The van der Waals surface area contributed by atoms with Gasteiger partial charge in [0.2, 0.25) is 0 Å². The summed E-state index contributed by atoms with van der Waals surface area (Å²) in [6.07, 6.45) is 7.06. The summed E-state index contributed by atoms with van der Waals surface area (Å²) < 4.78 is 1.41. The van der Waals surface area contributed by atoms with Crippen molar-refractivity contribution in [3.63, 3.8) is 0 Å². The zero-order valence-electron chi connectivity index (χ0n) is 6.75. The van der Waals surface area contributed by atoms with E-state index in [-0.39, 0.29) is 12.4 Å². The van der Waals surface area contributed by atoms with Crippen LogP contribution in [0.15, 0.2) is 22.5 Å². The van der Waals surface area contributed by atoms with Crippen LogP contribution in [0.2, 0.25) is 0 Å². The molecule has 0 unspecified atom stereocenters. The van der Waals surface area contributed by atoms with Crippen LogP contribution in [0.25, 0.3) is 0 Å². The Hall–Kier alpha value is 0.314. The summed E-state index contributed by atoms with van der Waals surface area (Å²) in [6.45, 7) is 3.22. The van der Waals surface area contributed by atoms with Gasteiger partial charge in [0.25, 0.3) is 0 Å². The molecule has 0 aromatic carbocycles. The van der Waals surface area contributed by atoms with Gasteiger partial charge in [0.1, 0.15) is 0 Å². The maximum absolute atomic E-state index is 9.53. The number of hydrogen-bond donors (Lipinski definition) is 0. The molecule has 1 nitrogen and oxygen atoms in total. The summed E-state index contributed by atoms with van der Waals surface area (Å²) in [4.78, 5) is 0. The van der Waals surface area contributed by atoms with Crippen molar-refractivity contribution in [1.29, 1.82) is 0 Å². The normalized spacial score (nSPS) is 13.2. The molecule has 0 amide bonds. The second-order valence-electron chi connectivity index (χ2n) is 2.34. The Balaban J connectivity index is 0. The molecule has 0 atom stereocenters. The first-order valence-electron chi connectivity index (χ1n) is 3.33. The molecule has 3 heteroatoms. The topological polar surface area (TPSA) is 23.1 Å². The van der Waals surface area contributed by atoms with E-state index in [9.17, 15) is 5.11 Å². The van der Waals surface area contributed by atoms with Gasteiger partial charge in [-0.15, -0.1) is 6.10 Å². The zero-order chi connectivity index (χ0) is 7.98. The van der Waals surface area contributed by atoms with Gasteiger partial charge >= 0.3 is 46.4 Å². The third-order valence-electron chi connectivity index (χ3n) is 0.752. The molecule has 0 radical (unpaired) electrons. The minimum absolute atomic E-state index is 0. The average molecular weight is 211 g/mol. The van der Waals surface area contributed by atoms with Crippen LogP contribution >= 0.6 is 0 Å². The molecule has 0 aromatic rings. The van der Waals surface area contributed by atoms with Gasteiger partial charge in [0, 0.05) is 0 Å². The van der Waals surface area contributed by atoms with Crippen LogP contribution in [0, 0.1) is 0 Å². The van der Waals surface area contributed by atoms with Crippen LogP contribution in [-0.2, 0) is 17.4 Å². The van der Waals surface area contributed by atoms with E-state index >= 15 is 0 Å². The van der Waals surface area contributed by atoms with Gasteiger partial charge in [0.05, 0.1) is 0 Å². The van der Waals surface area contributed by atoms with Gasteiger partial charge in [-0.3, -0.25) is 0 Å². The molecule has 62 valence electrons. The molecule has 0 fully saturated rings. The standard InChI is InChI=1S/C5H5.C3H7O.ClH.V/c1-2-4-5-3-1;1-3(2)4;;/h1-3H,4H2;3H,1-2H3;1H;/q;-1;;+2/p-1. The zero-order valence-corrected chi connectivity index (χ0v) is 8.90. The molecule has 0 N–H and O–H groups in total. The molecule has 0 aromatic heterocycles. The molecule has 1 aliphatic rings. The monoisotopic (exact) mass is 210 g/mol. The first kappa shape index (κ1) is 13.9. The first-order valence-corrected chi connectivity index (χ1v) is 4.03. The first-order chi connectivity index (χ1) is 4.63. The van der Waals surface area contributed by atoms with Crippen LogP contribution in [0.1, 0.15) is 20.3 Å². The van der Waals surface area contributed by atoms with Crippen molar-refractivity contribution in [2.24, 2.45) is 0 Å². The second-order valence-corrected chi connectivity index (χ2v) is 3.24. The molecule has 0 spiro atoms. The van der Waals surface area contributed by atoms with E-state index in [1.54, 1.807) is 13.8 Å². The van der Waals surface area contributed by atoms with Crippen molar-refractivity contribution < 1.29 is 34.9 Å². The predicted octanol–water partition coefficient (Wildman–Crippen LogP) is -1.86. The van der Waals surface area contributed by atoms with Gasteiger partial charge in [0.15, 0.2) is 0 Å². The second kappa shape index (κ2) is 8.41. The van der Waals surface area contributed by atoms with Crippen molar-refractivity contribution in [3.05, 3.63) is 22.5 Å². The molecule has 0 bridgehead atoms. The molecular weight excluding hydrogens is 198 g/mol. The van der Waals surface area contributed by atoms with E-state index in [2.05, 4.69) is 35.7 Å². The van der Waals surface area contributed by atoms with Crippen LogP contribution in [0.4, 0.5) is 0 Å². The van der Waals surface area contributed by atoms with Gasteiger partial charge in [-0.05, 0) is 0 Å². The quantitative estimate of drug-likeness (QED) is 0.460. The Morgan fingerprint density at radius 1 is 1.55 bits per heavy atom. The maximum atomic E-state index is 9.53. The molecule has 1 aliphatic carbocycles. The Bertz CT molecular complexity index is 138. The van der Waals surface area contributed by atoms with Crippen molar-refractivity contribution in [1.82, 2.24) is 0 Å². The third kappa shape index (κ3) is 13.3. The summed E-state index contributed by atoms with van der Waals surface area (Å²) in [7, 11) is 0. The average Bonchev–Trinajstić information content (AvgIpc) is 2.15. The fourth-order valence-corrected chi connectivity index (χ4v) is 0.735. The van der Waals surface area contributed by atoms with Crippen molar-refractivity contribution in [3.8, 4) is 0 Å². The number of hydrogen-bond acceptors (Lipinski definition) is 1. The van der Waals surface area contributed by atoms with Gasteiger partial charge in [-0.25, -0.2) is 0 Å². The van der Waals surface area contributed by atoms with Gasteiger partial charge in [-0.2, -0.15) is 0 Å². The SMILES string of the molecule is CC(C)[O-].[Cl-].[V+2][C]1=CC=CC1. The molecular formula is C8H12ClOV. The number of allylic oxidation sites excluding steroid dienone is 4. The Morgan fingerprint density at radius 2 is 2.00 bits per heavy atom. The molecule has 0 heterocycles. The fourth-order valence-electron chi connectivity index (χ4n) is 0.436. The Morgan fingerprint density at radius 3 is 2.09 bits per heavy atom. The van der Waals surface area contributed by atoms with E-state index in [1.807, 2.05) is 0 Å². The van der Waals surface area contributed by atoms with E-state index in [1.165, 1.54) is 4.28 Å². The van der Waals surface area contributed by atoms with E-state index in [4.69, 9.17) is 0 Å². The van der Waals surface area contributed by atoms with Crippen LogP contribution < -0.4 is 17.5 Å². The number of rotatable bonds is 0.